The van der Waals surface area contributed by atoms with Crippen LogP contribution in [-0.4, -0.2) is 55.2 Å². The van der Waals surface area contributed by atoms with Crippen LogP contribution >= 0.6 is 0 Å². The monoisotopic (exact) mass is 487 g/mol. The van der Waals surface area contributed by atoms with Gasteiger partial charge in [-0.05, 0) is 25.5 Å². The number of Topliss-reactive ketones (excluding diaryl/α,β-unsaturated/α-hetero) is 1. The minimum absolute atomic E-state index is 0.0800. The summed E-state index contributed by atoms with van der Waals surface area (Å²) in [5.41, 5.74) is -0.0945. The van der Waals surface area contributed by atoms with E-state index in [-0.39, 0.29) is 29.7 Å². The number of methoxy groups -OCH3 is 2. The van der Waals surface area contributed by atoms with Crippen LogP contribution in [0.4, 0.5) is 0 Å². The third-order valence-electron chi connectivity index (χ3n) is 5.34. The summed E-state index contributed by atoms with van der Waals surface area (Å²) in [6.45, 7) is 6.47. The molecule has 0 bridgehead atoms. The molecule has 9 heteroatoms. The van der Waals surface area contributed by atoms with E-state index in [1.165, 1.54) is 26.3 Å². The van der Waals surface area contributed by atoms with Gasteiger partial charge in [-0.3, -0.25) is 14.4 Å². The minimum atomic E-state index is -0.789. The molecule has 0 saturated carbocycles. The number of esters is 2. The Bertz CT molecular complexity index is 990. The number of rotatable bonds is 13. The predicted molar refractivity (Wildman–Crippen MR) is 128 cm³/mol. The number of para-hydroxylation sites is 1. The van der Waals surface area contributed by atoms with Gasteiger partial charge in [-0.15, -0.1) is 0 Å². The van der Waals surface area contributed by atoms with Gasteiger partial charge in [0.05, 0.1) is 19.1 Å². The topological polar surface area (TPSA) is 110 Å². The molecule has 0 unspecified atom stereocenters. The van der Waals surface area contributed by atoms with Crippen LogP contribution in [0.25, 0.3) is 0 Å². The molecule has 0 aliphatic carbocycles. The normalized spacial score (nSPS) is 14.2. The van der Waals surface area contributed by atoms with Crippen molar-refractivity contribution < 1.29 is 38.1 Å². The average Bonchev–Trinajstić information content (AvgIpc) is 2.84. The van der Waals surface area contributed by atoms with E-state index in [4.69, 9.17) is 23.7 Å². The third kappa shape index (κ3) is 7.78. The summed E-state index contributed by atoms with van der Waals surface area (Å²) in [5.74, 6) is -1.74. The number of ketones is 1. The molecule has 0 saturated heterocycles. The maximum Gasteiger partial charge on any atom is 0.309 e. The highest BCUT2D eigenvalue weighted by molar-refractivity contribution is 5.99. The molecule has 0 spiro atoms. The highest BCUT2D eigenvalue weighted by Crippen LogP contribution is 2.31. The van der Waals surface area contributed by atoms with Gasteiger partial charge in [0.15, 0.2) is 23.3 Å². The van der Waals surface area contributed by atoms with Crippen LogP contribution in [0.15, 0.2) is 42.6 Å². The Morgan fingerprint density at radius 1 is 1.03 bits per heavy atom. The van der Waals surface area contributed by atoms with Gasteiger partial charge in [-0.2, -0.15) is 0 Å². The Labute approximate surface area is 205 Å². The number of aromatic nitrogens is 1. The fourth-order valence-corrected chi connectivity index (χ4v) is 3.52. The van der Waals surface area contributed by atoms with Crippen molar-refractivity contribution in [2.24, 2.45) is 5.92 Å². The van der Waals surface area contributed by atoms with Gasteiger partial charge >= 0.3 is 11.9 Å². The van der Waals surface area contributed by atoms with E-state index < -0.39 is 35.8 Å². The fourth-order valence-electron chi connectivity index (χ4n) is 3.52. The van der Waals surface area contributed by atoms with Crippen LogP contribution in [0.3, 0.4) is 0 Å². The number of hydrogen-bond donors (Lipinski definition) is 0. The maximum absolute atomic E-state index is 12.9. The second kappa shape index (κ2) is 13.4. The summed E-state index contributed by atoms with van der Waals surface area (Å²) in [7, 11) is 2.96. The van der Waals surface area contributed by atoms with Crippen LogP contribution < -0.4 is 14.2 Å². The molecule has 2 aromatic rings. The van der Waals surface area contributed by atoms with Crippen LogP contribution in [-0.2, 0) is 19.1 Å². The van der Waals surface area contributed by atoms with E-state index >= 15 is 0 Å². The number of benzene rings is 1. The summed E-state index contributed by atoms with van der Waals surface area (Å²) in [6.07, 6.45) is 0.273. The predicted octanol–water partition coefficient (Wildman–Crippen LogP) is 4.03. The number of hydrogen-bond acceptors (Lipinski definition) is 9. The molecule has 2 rings (SSSR count). The first-order chi connectivity index (χ1) is 16.7. The lowest BCUT2D eigenvalue weighted by Gasteiger charge is -2.31. The second-order valence-electron chi connectivity index (χ2n) is 8.03. The Morgan fingerprint density at radius 3 is 2.29 bits per heavy atom. The smallest absolute Gasteiger partial charge is 0.309 e. The zero-order valence-electron chi connectivity index (χ0n) is 21.0. The average molecular weight is 488 g/mol. The van der Waals surface area contributed by atoms with E-state index in [0.29, 0.717) is 12.2 Å². The van der Waals surface area contributed by atoms with E-state index in [0.717, 1.165) is 0 Å². The molecule has 1 aromatic carbocycles. The quantitative estimate of drug-likeness (QED) is 0.305. The van der Waals surface area contributed by atoms with Gasteiger partial charge in [-0.1, -0.05) is 32.0 Å². The van der Waals surface area contributed by atoms with E-state index in [1.54, 1.807) is 21.0 Å². The third-order valence-corrected chi connectivity index (χ3v) is 5.34. The zero-order valence-corrected chi connectivity index (χ0v) is 21.0. The molecule has 35 heavy (non-hydrogen) atoms. The summed E-state index contributed by atoms with van der Waals surface area (Å²) in [5, 5.41) is 0. The van der Waals surface area contributed by atoms with Crippen molar-refractivity contribution in [1.82, 2.24) is 4.98 Å². The first-order valence-electron chi connectivity index (χ1n) is 11.4. The molecule has 0 fully saturated rings. The van der Waals surface area contributed by atoms with Gasteiger partial charge in [0, 0.05) is 32.7 Å². The van der Waals surface area contributed by atoms with Crippen molar-refractivity contribution >= 4 is 17.7 Å². The molecule has 1 aromatic heterocycles. The zero-order chi connectivity index (χ0) is 26.0. The van der Waals surface area contributed by atoms with Crippen molar-refractivity contribution in [3.63, 3.8) is 0 Å². The van der Waals surface area contributed by atoms with Crippen molar-refractivity contribution in [2.75, 3.05) is 14.2 Å². The van der Waals surface area contributed by atoms with Crippen LogP contribution in [0.5, 0.6) is 17.2 Å². The molecule has 0 aliphatic rings. The first kappa shape index (κ1) is 27.8. The van der Waals surface area contributed by atoms with Gasteiger partial charge in [0.2, 0.25) is 5.75 Å². The van der Waals surface area contributed by atoms with Gasteiger partial charge in [0.1, 0.15) is 11.9 Å². The molecule has 0 aliphatic heterocycles. The van der Waals surface area contributed by atoms with Crippen LogP contribution in [0, 0.1) is 5.92 Å². The lowest BCUT2D eigenvalue weighted by Crippen LogP contribution is -2.44. The molecule has 0 radical (unpaired) electrons. The molecular weight excluding hydrogens is 454 g/mol. The number of carbonyl (C=O) groups excluding carboxylic acids is 3. The lowest BCUT2D eigenvalue weighted by atomic mass is 10.0. The summed E-state index contributed by atoms with van der Waals surface area (Å²) < 4.78 is 27.6. The highest BCUT2D eigenvalue weighted by Gasteiger charge is 2.33. The largest absolute Gasteiger partial charge is 0.493 e. The van der Waals surface area contributed by atoms with E-state index in [2.05, 4.69) is 4.98 Å². The fraction of sp³-hybridized carbons (Fsp3) is 0.462. The standard InChI is InChI=1S/C26H33NO8/c1-7-21(31-5)24(35-19-11-9-8-10-12-19)17(3)33-26(30)16(2)15-20(29)23-25(34-18(4)28)22(32-6)13-14-27-23/h8-14,16-17,21,24H,7,15H2,1-6H3/t16-,17+,21+,24+/m1/s1. The molecule has 9 nitrogen and oxygen atoms in total. The number of carbonyl (C=O) groups is 3. The molecule has 1 heterocycles. The Hall–Kier alpha value is -3.46. The Balaban J connectivity index is 2.13. The second-order valence-corrected chi connectivity index (χ2v) is 8.03. The van der Waals surface area contributed by atoms with Gasteiger partial charge in [-0.25, -0.2) is 4.98 Å². The lowest BCUT2D eigenvalue weighted by molar-refractivity contribution is -0.161. The number of nitrogens with zero attached hydrogens (tertiary/aromatic N) is 1. The van der Waals surface area contributed by atoms with Crippen molar-refractivity contribution in [3.05, 3.63) is 48.3 Å². The van der Waals surface area contributed by atoms with Crippen molar-refractivity contribution in [1.29, 1.82) is 0 Å². The summed E-state index contributed by atoms with van der Waals surface area (Å²) in [4.78, 5) is 41.3. The summed E-state index contributed by atoms with van der Waals surface area (Å²) in [6, 6.07) is 10.7. The van der Waals surface area contributed by atoms with Crippen LogP contribution in [0.2, 0.25) is 0 Å². The maximum atomic E-state index is 12.9. The first-order valence-corrected chi connectivity index (χ1v) is 11.4. The molecule has 0 N–H and O–H groups in total. The van der Waals surface area contributed by atoms with Gasteiger partial charge < -0.3 is 23.7 Å². The van der Waals surface area contributed by atoms with E-state index in [9.17, 15) is 14.4 Å². The minimum Gasteiger partial charge on any atom is -0.493 e. The van der Waals surface area contributed by atoms with E-state index in [1.807, 2.05) is 37.3 Å². The van der Waals surface area contributed by atoms with Crippen molar-refractivity contribution in [2.45, 2.75) is 58.8 Å². The summed E-state index contributed by atoms with van der Waals surface area (Å²) >= 11 is 0. The molecular formula is C26H33NO8. The number of ether oxygens (including phenoxy) is 5. The van der Waals surface area contributed by atoms with Gasteiger partial charge in [0.25, 0.3) is 0 Å². The Kier molecular flexibility index (Phi) is 10.7. The molecule has 4 atom stereocenters. The molecule has 0 amide bonds. The Morgan fingerprint density at radius 2 is 1.71 bits per heavy atom. The molecule has 190 valence electrons. The number of pyridine rings is 1. The van der Waals surface area contributed by atoms with Crippen molar-refractivity contribution in [3.8, 4) is 17.2 Å². The SMILES string of the molecule is CC[C@H](OC)[C@@H](Oc1ccccc1)[C@H](C)OC(=O)[C@H](C)CC(=O)c1nccc(OC)c1OC(C)=O. The van der Waals surface area contributed by atoms with Crippen LogP contribution in [0.1, 0.15) is 51.0 Å². The highest BCUT2D eigenvalue weighted by atomic mass is 16.6.